The normalized spacial score (nSPS) is 13.7. The molecule has 2 aromatic heterocycles. The molecule has 32 heteroatoms. The zero-order chi connectivity index (χ0) is 53.6. The zero-order valence-electron chi connectivity index (χ0n) is 37.2. The van der Waals surface area contributed by atoms with Gasteiger partial charge in [0.05, 0.1) is 11.0 Å². The monoisotopic (exact) mass is 1070 g/mol. The maximum absolute atomic E-state index is 12.3. The van der Waals surface area contributed by atoms with Crippen molar-refractivity contribution in [2.75, 3.05) is 26.2 Å². The molecule has 382 valence electrons. The van der Waals surface area contributed by atoms with Gasteiger partial charge in [0.25, 0.3) is 8.98 Å². The van der Waals surface area contributed by atoms with Gasteiger partial charge in [-0.25, -0.2) is 4.79 Å². The number of alkyl halides is 9. The molecule has 1 amide bonds. The van der Waals surface area contributed by atoms with Crippen molar-refractivity contribution < 1.29 is 106 Å². The van der Waals surface area contributed by atoms with E-state index in [0.29, 0.717) is 17.0 Å². The van der Waals surface area contributed by atoms with Crippen molar-refractivity contribution >= 4 is 79.2 Å². The summed E-state index contributed by atoms with van der Waals surface area (Å²) >= 11 is 0. The van der Waals surface area contributed by atoms with Gasteiger partial charge in [0.15, 0.2) is 7.03 Å². The van der Waals surface area contributed by atoms with Crippen LogP contribution < -0.4 is 9.50 Å². The predicted molar refractivity (Wildman–Crippen MR) is 224 cm³/mol. The Bertz CT molecular complexity index is 2680. The summed E-state index contributed by atoms with van der Waals surface area (Å²) < 4.78 is 193. The number of pyridine rings is 2. The number of carbonyl (C=O) groups is 3. The molecule has 68 heavy (non-hydrogen) atoms. The topological polar surface area (TPSA) is 261 Å². The van der Waals surface area contributed by atoms with Crippen molar-refractivity contribution in [2.24, 2.45) is 0 Å². The van der Waals surface area contributed by atoms with Crippen molar-refractivity contribution in [2.45, 2.75) is 70.6 Å². The molecule has 1 fully saturated rings. The molecule has 0 unspecified atom stereocenters. The van der Waals surface area contributed by atoms with Crippen LogP contribution in [0.2, 0.25) is 0 Å². The standard InChI is InChI=1S/C11H8F3NO3S.C10H9NO.C9H18N2O2.C4H7O4P.C2F6O5S2/c1-7-5-6-8-9(15-7)3-2-4-10(8)18-19(16,17)11(12,13)14;1-7-5-6-8-9(11-7)3-2-4-10(8)12;1-9(2,3)13-8(12)11-6-4-10-5-7-11;1-3(5)7-9-8-4(2)6;3-1(4,5)14(9,10)13-15(11,12)2(6,7)8/h2-6H,1H3;2-6,12H,1H3;10H,4-7H2,1-3H3;9H,1-2H3;/i;;;9D;. The molecule has 0 saturated carbocycles. The van der Waals surface area contributed by atoms with E-state index < -0.39 is 73.5 Å². The minimum atomic E-state index is -6.85. The summed E-state index contributed by atoms with van der Waals surface area (Å²) in [7, 11) is -21.5. The summed E-state index contributed by atoms with van der Waals surface area (Å²) in [6, 6.07) is 16.2. The number of aromatic hydroxyl groups is 1. The number of amides is 1. The van der Waals surface area contributed by atoms with Crippen molar-refractivity contribution in [1.29, 1.82) is 1.28 Å². The smallest absolute Gasteiger partial charge is 0.507 e. The highest BCUT2D eigenvalue weighted by molar-refractivity contribution is 8.00. The van der Waals surface area contributed by atoms with Crippen LogP contribution in [0.15, 0.2) is 60.7 Å². The number of aromatic nitrogens is 2. The number of ether oxygens (including phenoxy) is 1. The molecule has 2 aromatic carbocycles. The fourth-order valence-corrected chi connectivity index (χ4v) is 6.48. The lowest BCUT2D eigenvalue weighted by molar-refractivity contribution is -0.134. The van der Waals surface area contributed by atoms with Crippen LogP contribution in [0.25, 0.3) is 21.8 Å². The molecule has 0 bridgehead atoms. The van der Waals surface area contributed by atoms with Gasteiger partial charge in [-0.15, -0.1) is 3.63 Å². The molecule has 0 atom stereocenters. The fourth-order valence-electron chi connectivity index (χ4n) is 4.20. The largest absolute Gasteiger partial charge is 0.534 e. The summed E-state index contributed by atoms with van der Waals surface area (Å²) in [5.41, 5.74) is -15.5. The van der Waals surface area contributed by atoms with Crippen LogP contribution in [-0.4, -0.2) is 113 Å². The SMILES string of the molecule is CC(C)(C)OC(=O)N1CCNCC1.Cc1ccc2c(O)cccc2n1.Cc1ccc2c(OS(=O)(=O)C(F)(F)F)cccc2n1.O=S(=O)(OS(=O)(=O)C(F)(F)F)C(F)(F)F.[2H]P(OC(C)=O)OC(C)=O. The second-order valence-electron chi connectivity index (χ2n) is 13.9. The molecule has 19 nitrogen and oxygen atoms in total. The molecule has 1 aliphatic rings. The second kappa shape index (κ2) is 24.8. The van der Waals surface area contributed by atoms with E-state index in [-0.39, 0.29) is 17.1 Å². The Hall–Kier alpha value is -5.36. The Morgan fingerprint density at radius 3 is 1.50 bits per heavy atom. The van der Waals surface area contributed by atoms with Crippen LogP contribution in [0.1, 0.15) is 46.0 Å². The van der Waals surface area contributed by atoms with Crippen LogP contribution in [0, 0.1) is 13.8 Å². The highest BCUT2D eigenvalue weighted by atomic mass is 32.3. The number of carbonyl (C=O) groups excluding carboxylic acids is 3. The van der Waals surface area contributed by atoms with E-state index in [1.165, 1.54) is 12.1 Å². The second-order valence-corrected chi connectivity index (χ2v) is 19.2. The van der Waals surface area contributed by atoms with Crippen LogP contribution in [0.5, 0.6) is 11.5 Å². The van der Waals surface area contributed by atoms with Crippen LogP contribution in [0.3, 0.4) is 0 Å². The zero-order valence-corrected chi connectivity index (χ0v) is 39.5. The first-order valence-corrected chi connectivity index (χ1v) is 23.3. The Labute approximate surface area is 385 Å². The van der Waals surface area contributed by atoms with Gasteiger partial charge in [-0.2, -0.15) is 64.8 Å². The number of rotatable bonds is 6. The third kappa shape index (κ3) is 20.9. The van der Waals surface area contributed by atoms with E-state index in [9.17, 15) is 84.3 Å². The van der Waals surface area contributed by atoms with Gasteiger partial charge < -0.3 is 33.3 Å². The third-order valence-corrected chi connectivity index (χ3v) is 11.2. The first-order valence-electron chi connectivity index (χ1n) is 18.7. The van der Waals surface area contributed by atoms with E-state index in [4.69, 9.17) is 6.02 Å². The lowest BCUT2D eigenvalue weighted by Gasteiger charge is -2.30. The molecule has 0 aliphatic carbocycles. The summed E-state index contributed by atoms with van der Waals surface area (Å²) in [5, 5.41) is 13.6. The van der Waals surface area contributed by atoms with E-state index >= 15 is 0 Å². The number of nitrogens with zero attached hydrogens (tertiary/aromatic N) is 3. The van der Waals surface area contributed by atoms with E-state index in [1.54, 1.807) is 36.1 Å². The van der Waals surface area contributed by atoms with Gasteiger partial charge in [0.2, 0.25) is 0 Å². The number of fused-ring (bicyclic) bond motifs is 2. The predicted octanol–water partition coefficient (Wildman–Crippen LogP) is 7.17. The third-order valence-electron chi connectivity index (χ3n) is 7.01. The minimum Gasteiger partial charge on any atom is -0.507 e. The van der Waals surface area contributed by atoms with Crippen LogP contribution >= 0.6 is 8.98 Å². The van der Waals surface area contributed by atoms with Crippen molar-refractivity contribution in [3.63, 3.8) is 0 Å². The van der Waals surface area contributed by atoms with Gasteiger partial charge in [-0.1, -0.05) is 12.1 Å². The first kappa shape index (κ1) is 58.8. The van der Waals surface area contributed by atoms with E-state index in [2.05, 4.69) is 28.5 Å². The first-order chi connectivity index (χ1) is 31.2. The number of phenolic OH excluding ortho intramolecular Hbond substituents is 1. The van der Waals surface area contributed by atoms with Crippen molar-refractivity contribution in [1.82, 2.24) is 20.2 Å². The highest BCUT2D eigenvalue weighted by Crippen LogP contribution is 2.33. The molecule has 4 aromatic rings. The van der Waals surface area contributed by atoms with Gasteiger partial charge in [0, 0.05) is 62.2 Å². The Morgan fingerprint density at radius 2 is 1.09 bits per heavy atom. The number of hydrogen-bond donors (Lipinski definition) is 2. The van der Waals surface area contributed by atoms with Gasteiger partial charge >= 0.3 is 64.9 Å². The fraction of sp³-hybridized carbons (Fsp3) is 0.417. The maximum atomic E-state index is 12.3. The van der Waals surface area contributed by atoms with Gasteiger partial charge in [-0.3, -0.25) is 19.6 Å². The lowest BCUT2D eigenvalue weighted by Crippen LogP contribution is -2.48. The number of halogens is 9. The highest BCUT2D eigenvalue weighted by Gasteiger charge is 2.57. The van der Waals surface area contributed by atoms with E-state index in [1.807, 2.05) is 49.5 Å². The average molecular weight is 1070 g/mol. The summed E-state index contributed by atoms with van der Waals surface area (Å²) in [4.78, 5) is 41.8. The number of nitrogens with one attached hydrogen (secondary N) is 1. The summed E-state index contributed by atoms with van der Waals surface area (Å²) in [5.74, 6) is -1.35. The van der Waals surface area contributed by atoms with Gasteiger partial charge in [-0.05, 0) is 83.1 Å². The maximum Gasteiger partial charge on any atom is 0.534 e. The number of benzene rings is 2. The van der Waals surface area contributed by atoms with Crippen LogP contribution in [0.4, 0.5) is 44.3 Å². The minimum absolute atomic E-state index is 0.195. The number of phenols is 1. The Kier molecular flexibility index (Phi) is 21.4. The van der Waals surface area contributed by atoms with Gasteiger partial charge in [0.1, 0.15) is 11.4 Å². The molecular formula is C36H42F9N4O15PS3. The molecule has 5 rings (SSSR count). The Balaban J connectivity index is 0.000000439. The van der Waals surface area contributed by atoms with Crippen molar-refractivity contribution in [3.05, 3.63) is 72.1 Å². The molecule has 1 aliphatic heterocycles. The summed E-state index contributed by atoms with van der Waals surface area (Å²) in [6.07, 6.45) is -0.200. The molecule has 1 saturated heterocycles. The molecular weight excluding hydrogens is 1030 g/mol. The number of hydrogen-bond acceptors (Lipinski definition) is 18. The number of aryl methyl sites for hydroxylation is 2. The molecule has 3 heterocycles. The Morgan fingerprint density at radius 1 is 0.676 bits per heavy atom. The molecule has 0 radical (unpaired) electrons. The number of piperazine rings is 1. The molecule has 2 N–H and O–H groups in total. The van der Waals surface area contributed by atoms with Crippen molar-refractivity contribution in [3.8, 4) is 11.5 Å². The average Bonchev–Trinajstić information content (AvgIpc) is 3.16. The van der Waals surface area contributed by atoms with E-state index in [0.717, 1.165) is 62.7 Å². The quantitative estimate of drug-likeness (QED) is 0.0839. The lowest BCUT2D eigenvalue weighted by atomic mass is 10.2. The summed E-state index contributed by atoms with van der Waals surface area (Å²) in [6.45, 7) is 14.8. The van der Waals surface area contributed by atoms with Crippen LogP contribution in [-0.2, 0) is 57.4 Å². The molecule has 0 spiro atoms.